The summed E-state index contributed by atoms with van der Waals surface area (Å²) in [5.74, 6) is -0.157. The van der Waals surface area contributed by atoms with Gasteiger partial charge in [0.05, 0.1) is 12.1 Å². The molecule has 4 aromatic rings. The molecule has 1 aliphatic rings. The number of fused-ring (bicyclic) bond motifs is 1. The average Bonchev–Trinajstić information content (AvgIpc) is 2.86. The Bertz CT molecular complexity index is 1490. The zero-order valence-corrected chi connectivity index (χ0v) is 20.8. The first-order chi connectivity index (χ1) is 17.6. The molecule has 2 aromatic carbocycles. The van der Waals surface area contributed by atoms with Crippen LogP contribution in [0.3, 0.4) is 0 Å². The van der Waals surface area contributed by atoms with Gasteiger partial charge in [-0.1, -0.05) is 30.3 Å². The Morgan fingerprint density at radius 2 is 1.62 bits per heavy atom. The number of pyridine rings is 2. The quantitative estimate of drug-likeness (QED) is 0.265. The largest absolute Gasteiger partial charge is 0.416 e. The number of halogens is 4. The van der Waals surface area contributed by atoms with Gasteiger partial charge in [-0.25, -0.2) is 9.37 Å². The van der Waals surface area contributed by atoms with E-state index < -0.39 is 11.7 Å². The molecule has 0 atom stereocenters. The van der Waals surface area contributed by atoms with Gasteiger partial charge in [-0.3, -0.25) is 9.36 Å². The van der Waals surface area contributed by atoms with Crippen molar-refractivity contribution in [2.75, 3.05) is 0 Å². The molecule has 2 aromatic heterocycles. The Hall–Kier alpha value is -3.48. The Labute approximate surface area is 212 Å². The molecule has 5 rings (SSSR count). The maximum Gasteiger partial charge on any atom is 0.416 e. The third-order valence-corrected chi connectivity index (χ3v) is 7.60. The number of aryl methyl sites for hydroxylation is 2. The highest BCUT2D eigenvalue weighted by molar-refractivity contribution is 5.76. The lowest BCUT2D eigenvalue weighted by Crippen LogP contribution is -2.29. The molecule has 0 unspecified atom stereocenters. The molecule has 0 radical (unpaired) electrons. The molecule has 1 saturated carbocycles. The minimum Gasteiger partial charge on any atom is -0.288 e. The van der Waals surface area contributed by atoms with Gasteiger partial charge in [0, 0.05) is 16.6 Å². The Morgan fingerprint density at radius 3 is 2.32 bits per heavy atom. The van der Waals surface area contributed by atoms with E-state index in [4.69, 9.17) is 0 Å². The molecule has 0 amide bonds. The molecule has 1 fully saturated rings. The van der Waals surface area contributed by atoms with Crippen molar-refractivity contribution >= 4 is 11.0 Å². The smallest absolute Gasteiger partial charge is 0.288 e. The van der Waals surface area contributed by atoms with Crippen LogP contribution in [0, 0.1) is 19.7 Å². The van der Waals surface area contributed by atoms with Crippen molar-refractivity contribution in [1.82, 2.24) is 9.55 Å². The van der Waals surface area contributed by atoms with Crippen molar-refractivity contribution in [3.63, 3.8) is 0 Å². The fourth-order valence-electron chi connectivity index (χ4n) is 5.76. The van der Waals surface area contributed by atoms with E-state index in [9.17, 15) is 22.4 Å². The van der Waals surface area contributed by atoms with Crippen LogP contribution in [-0.4, -0.2) is 9.55 Å². The molecular formula is C30H28F4N2O. The standard InChI is InChI=1S/C30H28F4N2O/c1-18-6-5-9-26(31)27(18)21-14-12-20(13-15-21)24-16-22-11-10-19(2)35-28(22)36(29(24)37)17-23-7-3-4-8-25(23)30(32,33)34/h3-11,16,20-21H,12-15,17H2,1-2H3. The Balaban J connectivity index is 1.53. The number of rotatable bonds is 4. The van der Waals surface area contributed by atoms with Crippen LogP contribution in [0.1, 0.15) is 71.0 Å². The molecule has 1 aliphatic carbocycles. The fraction of sp³-hybridized carbons (Fsp3) is 0.333. The lowest BCUT2D eigenvalue weighted by Gasteiger charge is -2.30. The van der Waals surface area contributed by atoms with Crippen molar-refractivity contribution in [2.24, 2.45) is 0 Å². The van der Waals surface area contributed by atoms with Crippen molar-refractivity contribution < 1.29 is 17.6 Å². The third-order valence-electron chi connectivity index (χ3n) is 7.60. The zero-order valence-electron chi connectivity index (χ0n) is 20.8. The molecule has 3 nitrogen and oxygen atoms in total. The second-order valence-electron chi connectivity index (χ2n) is 10.0. The molecule has 0 spiro atoms. The predicted octanol–water partition coefficient (Wildman–Crippen LogP) is 7.66. The number of aromatic nitrogens is 2. The van der Waals surface area contributed by atoms with Crippen LogP contribution in [-0.2, 0) is 12.7 Å². The summed E-state index contributed by atoms with van der Waals surface area (Å²) < 4.78 is 57.1. The van der Waals surface area contributed by atoms with E-state index in [0.717, 1.165) is 35.4 Å². The highest BCUT2D eigenvalue weighted by atomic mass is 19.4. The summed E-state index contributed by atoms with van der Waals surface area (Å²) in [6, 6.07) is 16.0. The monoisotopic (exact) mass is 508 g/mol. The van der Waals surface area contributed by atoms with Gasteiger partial charge in [-0.2, -0.15) is 13.2 Å². The van der Waals surface area contributed by atoms with Crippen LogP contribution in [0.25, 0.3) is 11.0 Å². The molecule has 0 aliphatic heterocycles. The van der Waals surface area contributed by atoms with E-state index in [-0.39, 0.29) is 35.3 Å². The summed E-state index contributed by atoms with van der Waals surface area (Å²) in [7, 11) is 0. The number of hydrogen-bond acceptors (Lipinski definition) is 2. The van der Waals surface area contributed by atoms with E-state index in [1.807, 2.05) is 31.2 Å². The van der Waals surface area contributed by atoms with Crippen LogP contribution in [0.5, 0.6) is 0 Å². The Kier molecular flexibility index (Phi) is 6.65. The second-order valence-corrected chi connectivity index (χ2v) is 10.0. The maximum atomic E-state index is 14.6. The van der Waals surface area contributed by atoms with Gasteiger partial charge in [0.2, 0.25) is 0 Å². The summed E-state index contributed by atoms with van der Waals surface area (Å²) in [6.07, 6.45) is -1.63. The Morgan fingerprint density at radius 1 is 0.919 bits per heavy atom. The minimum atomic E-state index is -4.53. The van der Waals surface area contributed by atoms with Gasteiger partial charge in [0.25, 0.3) is 5.56 Å². The SMILES string of the molecule is Cc1ccc2cc(C3CCC(c4c(C)cccc4F)CC3)c(=O)n(Cc3ccccc3C(F)(F)F)c2n1. The number of hydrogen-bond donors (Lipinski definition) is 0. The first-order valence-electron chi connectivity index (χ1n) is 12.5. The van der Waals surface area contributed by atoms with Crippen LogP contribution < -0.4 is 5.56 Å². The highest BCUT2D eigenvalue weighted by Gasteiger charge is 2.33. The molecule has 37 heavy (non-hydrogen) atoms. The maximum absolute atomic E-state index is 14.6. The van der Waals surface area contributed by atoms with Gasteiger partial charge in [0.15, 0.2) is 0 Å². The summed E-state index contributed by atoms with van der Waals surface area (Å²) >= 11 is 0. The van der Waals surface area contributed by atoms with Gasteiger partial charge in [-0.15, -0.1) is 0 Å². The number of benzene rings is 2. The van der Waals surface area contributed by atoms with Crippen molar-refractivity contribution in [3.05, 3.63) is 110 Å². The van der Waals surface area contributed by atoms with E-state index in [1.54, 1.807) is 19.1 Å². The highest BCUT2D eigenvalue weighted by Crippen LogP contribution is 2.42. The first-order valence-corrected chi connectivity index (χ1v) is 12.5. The zero-order chi connectivity index (χ0) is 26.3. The number of alkyl halides is 3. The van der Waals surface area contributed by atoms with Crippen molar-refractivity contribution in [3.8, 4) is 0 Å². The normalized spacial score (nSPS) is 18.3. The topological polar surface area (TPSA) is 34.9 Å². The third kappa shape index (κ3) is 4.91. The fourth-order valence-corrected chi connectivity index (χ4v) is 5.76. The first kappa shape index (κ1) is 25.2. The van der Waals surface area contributed by atoms with Crippen LogP contribution in [0.2, 0.25) is 0 Å². The molecular weight excluding hydrogens is 480 g/mol. The van der Waals surface area contributed by atoms with Crippen molar-refractivity contribution in [1.29, 1.82) is 0 Å². The van der Waals surface area contributed by atoms with Gasteiger partial charge >= 0.3 is 6.18 Å². The molecule has 7 heteroatoms. The lowest BCUT2D eigenvalue weighted by molar-refractivity contribution is -0.138. The van der Waals surface area contributed by atoms with E-state index >= 15 is 0 Å². The van der Waals surface area contributed by atoms with E-state index in [1.165, 1.54) is 22.8 Å². The summed E-state index contributed by atoms with van der Waals surface area (Å²) in [4.78, 5) is 18.3. The minimum absolute atomic E-state index is 0.0255. The van der Waals surface area contributed by atoms with Crippen LogP contribution in [0.15, 0.2) is 65.5 Å². The number of nitrogens with zero attached hydrogens (tertiary/aromatic N) is 2. The van der Waals surface area contributed by atoms with Gasteiger partial charge in [-0.05, 0) is 98.4 Å². The lowest BCUT2D eigenvalue weighted by atomic mass is 9.75. The molecule has 0 bridgehead atoms. The van der Waals surface area contributed by atoms with Crippen LogP contribution in [0.4, 0.5) is 17.6 Å². The molecule has 0 saturated heterocycles. The molecule has 2 heterocycles. The average molecular weight is 509 g/mol. The van der Waals surface area contributed by atoms with Crippen molar-refractivity contribution in [2.45, 2.75) is 64.1 Å². The van der Waals surface area contributed by atoms with E-state index in [2.05, 4.69) is 4.98 Å². The van der Waals surface area contributed by atoms with Gasteiger partial charge < -0.3 is 0 Å². The van der Waals surface area contributed by atoms with Gasteiger partial charge in [0.1, 0.15) is 11.5 Å². The predicted molar refractivity (Wildman–Crippen MR) is 136 cm³/mol. The van der Waals surface area contributed by atoms with E-state index in [0.29, 0.717) is 29.7 Å². The summed E-state index contributed by atoms with van der Waals surface area (Å²) in [5.41, 5.74) is 2.28. The second kappa shape index (κ2) is 9.77. The van der Waals surface area contributed by atoms with Crippen LogP contribution >= 0.6 is 0 Å². The molecule has 0 N–H and O–H groups in total. The summed E-state index contributed by atoms with van der Waals surface area (Å²) in [5, 5.41) is 0.719. The summed E-state index contributed by atoms with van der Waals surface area (Å²) in [6.45, 7) is 3.48. The molecule has 192 valence electrons.